The molecule has 0 saturated carbocycles. The predicted octanol–water partition coefficient (Wildman–Crippen LogP) is 6.03. The van der Waals surface area contributed by atoms with Gasteiger partial charge in [-0.1, -0.05) is 60.7 Å². The van der Waals surface area contributed by atoms with E-state index in [9.17, 15) is 0 Å². The van der Waals surface area contributed by atoms with E-state index in [-0.39, 0.29) is 0 Å². The van der Waals surface area contributed by atoms with Gasteiger partial charge in [0, 0.05) is 10.3 Å². The minimum Gasteiger partial charge on any atom is -0.143 e. The highest BCUT2D eigenvalue weighted by Crippen LogP contribution is 2.42. The van der Waals surface area contributed by atoms with Crippen molar-refractivity contribution in [1.82, 2.24) is 0 Å². The monoisotopic (exact) mass is 284 g/mol. The fraction of sp³-hybridized carbons (Fsp3) is 0. The molecule has 0 spiro atoms. The van der Waals surface area contributed by atoms with Gasteiger partial charge in [0.1, 0.15) is 0 Å². The zero-order valence-electron chi connectivity index (χ0n) is 11.3. The van der Waals surface area contributed by atoms with Gasteiger partial charge in [-0.05, 0) is 43.8 Å². The molecular formula is C20H12S. The first-order chi connectivity index (χ1) is 10.3. The third-order valence-electron chi connectivity index (χ3n) is 4.49. The highest BCUT2D eigenvalue weighted by molar-refractivity contribution is 7.80. The topological polar surface area (TPSA) is 0 Å². The van der Waals surface area contributed by atoms with Crippen LogP contribution >= 0.6 is 12.6 Å². The van der Waals surface area contributed by atoms with E-state index in [2.05, 4.69) is 66.7 Å². The predicted molar refractivity (Wildman–Crippen MR) is 94.9 cm³/mol. The van der Waals surface area contributed by atoms with Crippen molar-refractivity contribution in [3.8, 4) is 0 Å². The van der Waals surface area contributed by atoms with Gasteiger partial charge in [0.25, 0.3) is 0 Å². The lowest BCUT2D eigenvalue weighted by Crippen LogP contribution is -1.87. The Morgan fingerprint density at radius 2 is 1.10 bits per heavy atom. The standard InChI is InChI=1S/C20H12S/c21-17-11-10-13-9-8-12-4-3-7-15-14-5-1-2-6-16(14)20(17)19(13)18(12)15/h1-11,21H. The van der Waals surface area contributed by atoms with Crippen LogP contribution in [0.15, 0.2) is 71.6 Å². The van der Waals surface area contributed by atoms with Crippen LogP contribution in [0.5, 0.6) is 0 Å². The lowest BCUT2D eigenvalue weighted by atomic mass is 9.89. The fourth-order valence-electron chi connectivity index (χ4n) is 3.62. The third-order valence-corrected chi connectivity index (χ3v) is 4.86. The molecule has 0 aliphatic rings. The van der Waals surface area contributed by atoms with Crippen LogP contribution in [0.4, 0.5) is 0 Å². The molecular weight excluding hydrogens is 272 g/mol. The molecule has 0 saturated heterocycles. The summed E-state index contributed by atoms with van der Waals surface area (Å²) in [4.78, 5) is 1.05. The van der Waals surface area contributed by atoms with Crippen molar-refractivity contribution in [2.75, 3.05) is 0 Å². The normalized spacial score (nSPS) is 12.0. The molecule has 0 nitrogen and oxygen atoms in total. The smallest absolute Gasteiger partial charge is 0.0125 e. The quantitative estimate of drug-likeness (QED) is 0.200. The van der Waals surface area contributed by atoms with Gasteiger partial charge in [0.15, 0.2) is 0 Å². The molecule has 0 N–H and O–H groups in total. The first-order valence-corrected chi connectivity index (χ1v) is 7.56. The van der Waals surface area contributed by atoms with Gasteiger partial charge in [-0.25, -0.2) is 0 Å². The summed E-state index contributed by atoms with van der Waals surface area (Å²) in [7, 11) is 0. The highest BCUT2D eigenvalue weighted by Gasteiger charge is 2.13. The molecule has 0 aliphatic carbocycles. The summed E-state index contributed by atoms with van der Waals surface area (Å²) in [5.74, 6) is 0. The van der Waals surface area contributed by atoms with E-state index in [1.54, 1.807) is 0 Å². The Labute approximate surface area is 127 Å². The van der Waals surface area contributed by atoms with Crippen LogP contribution in [-0.4, -0.2) is 0 Å². The summed E-state index contributed by atoms with van der Waals surface area (Å²) < 4.78 is 0. The van der Waals surface area contributed by atoms with Gasteiger partial charge in [0.2, 0.25) is 0 Å². The Balaban J connectivity index is 2.34. The summed E-state index contributed by atoms with van der Waals surface area (Å²) in [5.41, 5.74) is 0. The summed E-state index contributed by atoms with van der Waals surface area (Å²) >= 11 is 4.73. The molecule has 0 aliphatic heterocycles. The van der Waals surface area contributed by atoms with Crippen molar-refractivity contribution in [2.24, 2.45) is 0 Å². The Morgan fingerprint density at radius 1 is 0.476 bits per heavy atom. The highest BCUT2D eigenvalue weighted by atomic mass is 32.1. The maximum absolute atomic E-state index is 4.73. The maximum atomic E-state index is 4.73. The lowest BCUT2D eigenvalue weighted by molar-refractivity contribution is 1.60. The largest absolute Gasteiger partial charge is 0.143 e. The molecule has 0 atom stereocenters. The van der Waals surface area contributed by atoms with Crippen LogP contribution in [0.2, 0.25) is 0 Å². The minimum absolute atomic E-state index is 1.05. The molecule has 5 aromatic rings. The molecule has 21 heavy (non-hydrogen) atoms. The van der Waals surface area contributed by atoms with Crippen LogP contribution < -0.4 is 0 Å². The summed E-state index contributed by atoms with van der Waals surface area (Å²) in [6.45, 7) is 0. The van der Waals surface area contributed by atoms with E-state index in [1.807, 2.05) is 0 Å². The summed E-state index contributed by atoms with van der Waals surface area (Å²) in [6.07, 6.45) is 0. The second-order valence-corrected chi connectivity index (χ2v) is 6.05. The molecule has 0 unspecified atom stereocenters. The molecule has 0 bridgehead atoms. The van der Waals surface area contributed by atoms with Gasteiger partial charge in [-0.3, -0.25) is 0 Å². The Hall–Kier alpha value is -2.25. The van der Waals surface area contributed by atoms with E-state index in [0.29, 0.717) is 0 Å². The van der Waals surface area contributed by atoms with Crippen molar-refractivity contribution < 1.29 is 0 Å². The molecule has 98 valence electrons. The van der Waals surface area contributed by atoms with Crippen LogP contribution in [0, 0.1) is 0 Å². The lowest BCUT2D eigenvalue weighted by Gasteiger charge is -2.15. The Morgan fingerprint density at radius 3 is 1.95 bits per heavy atom. The van der Waals surface area contributed by atoms with Crippen LogP contribution in [-0.2, 0) is 0 Å². The van der Waals surface area contributed by atoms with Crippen molar-refractivity contribution in [3.63, 3.8) is 0 Å². The summed E-state index contributed by atoms with van der Waals surface area (Å²) in [5, 5.41) is 10.5. The van der Waals surface area contributed by atoms with Crippen LogP contribution in [0.1, 0.15) is 0 Å². The molecule has 0 aromatic heterocycles. The second-order valence-electron chi connectivity index (χ2n) is 5.57. The number of hydrogen-bond acceptors (Lipinski definition) is 1. The van der Waals surface area contributed by atoms with Crippen LogP contribution in [0.3, 0.4) is 0 Å². The minimum atomic E-state index is 1.05. The van der Waals surface area contributed by atoms with Gasteiger partial charge < -0.3 is 0 Å². The molecule has 0 heterocycles. The van der Waals surface area contributed by atoms with E-state index >= 15 is 0 Å². The third kappa shape index (κ3) is 1.37. The average Bonchev–Trinajstić information content (AvgIpc) is 2.54. The average molecular weight is 284 g/mol. The summed E-state index contributed by atoms with van der Waals surface area (Å²) in [6, 6.07) is 23.9. The van der Waals surface area contributed by atoms with Crippen molar-refractivity contribution in [2.45, 2.75) is 4.90 Å². The van der Waals surface area contributed by atoms with Crippen molar-refractivity contribution >= 4 is 55.7 Å². The van der Waals surface area contributed by atoms with Crippen molar-refractivity contribution in [1.29, 1.82) is 0 Å². The Bertz CT molecular complexity index is 1140. The second kappa shape index (κ2) is 3.90. The fourth-order valence-corrected chi connectivity index (χ4v) is 3.92. The van der Waals surface area contributed by atoms with E-state index < -0.39 is 0 Å². The zero-order chi connectivity index (χ0) is 14.0. The van der Waals surface area contributed by atoms with Gasteiger partial charge in [-0.15, -0.1) is 12.6 Å². The Kier molecular flexibility index (Phi) is 2.12. The number of rotatable bonds is 0. The number of hydrogen-bond donors (Lipinski definition) is 1. The first-order valence-electron chi connectivity index (χ1n) is 7.12. The first kappa shape index (κ1) is 11.4. The van der Waals surface area contributed by atoms with Crippen LogP contribution in [0.25, 0.3) is 43.1 Å². The zero-order valence-corrected chi connectivity index (χ0v) is 12.2. The van der Waals surface area contributed by atoms with Gasteiger partial charge in [0.05, 0.1) is 0 Å². The number of benzene rings is 5. The SMILES string of the molecule is Sc1ccc2ccc3cccc4c5ccccc5c1c2c34. The van der Waals surface area contributed by atoms with Crippen molar-refractivity contribution in [3.05, 3.63) is 66.7 Å². The van der Waals surface area contributed by atoms with E-state index in [1.165, 1.54) is 43.1 Å². The molecule has 0 radical (unpaired) electrons. The maximum Gasteiger partial charge on any atom is 0.0125 e. The molecule has 5 rings (SSSR count). The van der Waals surface area contributed by atoms with Gasteiger partial charge in [-0.2, -0.15) is 0 Å². The number of fused-ring (bicyclic) bond motifs is 3. The number of thiol groups is 1. The van der Waals surface area contributed by atoms with E-state index in [4.69, 9.17) is 12.6 Å². The molecule has 0 amide bonds. The molecule has 1 heteroatoms. The van der Waals surface area contributed by atoms with E-state index in [0.717, 1.165) is 4.90 Å². The molecule has 5 aromatic carbocycles. The van der Waals surface area contributed by atoms with Gasteiger partial charge >= 0.3 is 0 Å². The molecule has 0 fully saturated rings.